The lowest BCUT2D eigenvalue weighted by Gasteiger charge is -2.39. The van der Waals surface area contributed by atoms with Gasteiger partial charge in [0.15, 0.2) is 0 Å². The van der Waals surface area contributed by atoms with Crippen LogP contribution in [-0.2, 0) is 16.1 Å². The van der Waals surface area contributed by atoms with Crippen LogP contribution >= 0.6 is 0 Å². The molecule has 1 spiro atoms. The molecule has 0 saturated carbocycles. The normalized spacial score (nSPS) is 23.6. The average Bonchev–Trinajstić information content (AvgIpc) is 2.85. The van der Waals surface area contributed by atoms with Gasteiger partial charge in [-0.15, -0.1) is 0 Å². The third-order valence-electron chi connectivity index (χ3n) is 5.25. The summed E-state index contributed by atoms with van der Waals surface area (Å²) in [6.07, 6.45) is 2.10. The molecule has 2 N–H and O–H groups in total. The minimum absolute atomic E-state index is 0.133. The monoisotopic (exact) mass is 359 g/mol. The average molecular weight is 359 g/mol. The molecule has 142 valence electrons. The van der Waals surface area contributed by atoms with Crippen LogP contribution in [0.4, 0.5) is 10.5 Å². The van der Waals surface area contributed by atoms with E-state index in [1.165, 1.54) is 0 Å². The summed E-state index contributed by atoms with van der Waals surface area (Å²) in [5.74, 6) is 0.133. The van der Waals surface area contributed by atoms with Crippen LogP contribution in [0.15, 0.2) is 24.3 Å². The first-order valence-corrected chi connectivity index (χ1v) is 9.31. The van der Waals surface area contributed by atoms with Crippen molar-refractivity contribution in [1.82, 2.24) is 9.80 Å². The van der Waals surface area contributed by atoms with E-state index in [0.29, 0.717) is 31.9 Å². The van der Waals surface area contributed by atoms with Crippen LogP contribution in [0.2, 0.25) is 0 Å². The van der Waals surface area contributed by atoms with Gasteiger partial charge in [-0.3, -0.25) is 4.79 Å². The Hall–Kier alpha value is -2.24. The number of benzene rings is 1. The molecular formula is C20H29N3O3. The van der Waals surface area contributed by atoms with Gasteiger partial charge < -0.3 is 20.3 Å². The largest absolute Gasteiger partial charge is 0.444 e. The van der Waals surface area contributed by atoms with E-state index in [4.69, 9.17) is 10.5 Å². The Labute approximate surface area is 155 Å². The van der Waals surface area contributed by atoms with Gasteiger partial charge in [0.2, 0.25) is 5.91 Å². The van der Waals surface area contributed by atoms with Crippen LogP contribution in [0.25, 0.3) is 0 Å². The molecule has 0 aliphatic carbocycles. The number of hydrogen-bond acceptors (Lipinski definition) is 4. The van der Waals surface area contributed by atoms with Crippen molar-refractivity contribution >= 4 is 17.7 Å². The summed E-state index contributed by atoms with van der Waals surface area (Å²) in [5, 5.41) is 0. The summed E-state index contributed by atoms with van der Waals surface area (Å²) in [7, 11) is 0. The second kappa shape index (κ2) is 6.82. The van der Waals surface area contributed by atoms with E-state index in [1.807, 2.05) is 49.9 Å². The molecule has 1 aromatic rings. The summed E-state index contributed by atoms with van der Waals surface area (Å²) >= 11 is 0. The molecule has 26 heavy (non-hydrogen) atoms. The number of ether oxygens (including phenoxy) is 1. The predicted molar refractivity (Wildman–Crippen MR) is 100 cm³/mol. The molecule has 2 saturated heterocycles. The lowest BCUT2D eigenvalue weighted by atomic mass is 9.78. The van der Waals surface area contributed by atoms with Crippen LogP contribution in [0.3, 0.4) is 0 Å². The Kier molecular flexibility index (Phi) is 4.86. The third-order valence-corrected chi connectivity index (χ3v) is 5.25. The Balaban J connectivity index is 1.69. The number of carbonyl (C=O) groups is 2. The highest BCUT2D eigenvalue weighted by Crippen LogP contribution is 2.41. The number of hydrogen-bond donors (Lipinski definition) is 1. The minimum Gasteiger partial charge on any atom is -0.444 e. The lowest BCUT2D eigenvalue weighted by Crippen LogP contribution is -2.50. The quantitative estimate of drug-likeness (QED) is 0.824. The van der Waals surface area contributed by atoms with E-state index in [1.54, 1.807) is 4.90 Å². The molecule has 1 unspecified atom stereocenters. The summed E-state index contributed by atoms with van der Waals surface area (Å²) in [5.41, 5.74) is 6.70. The summed E-state index contributed by atoms with van der Waals surface area (Å²) in [6.45, 7) is 7.90. The second-order valence-corrected chi connectivity index (χ2v) is 8.46. The van der Waals surface area contributed by atoms with Gasteiger partial charge in [0.1, 0.15) is 5.60 Å². The summed E-state index contributed by atoms with van der Waals surface area (Å²) in [6, 6.07) is 7.65. The van der Waals surface area contributed by atoms with Gasteiger partial charge in [0.05, 0.1) is 5.41 Å². The molecule has 1 atom stereocenters. The maximum Gasteiger partial charge on any atom is 0.410 e. The number of piperidine rings is 1. The zero-order valence-electron chi connectivity index (χ0n) is 16.0. The van der Waals surface area contributed by atoms with Gasteiger partial charge in [-0.05, 0) is 51.7 Å². The van der Waals surface area contributed by atoms with Gasteiger partial charge in [-0.2, -0.15) is 0 Å². The molecule has 0 bridgehead atoms. The number of para-hydroxylation sites is 1. The van der Waals surface area contributed by atoms with Crippen LogP contribution in [0.5, 0.6) is 0 Å². The zero-order chi connectivity index (χ0) is 18.9. The van der Waals surface area contributed by atoms with E-state index >= 15 is 0 Å². The number of likely N-dealkylation sites (tertiary alicyclic amines) is 2. The number of nitrogens with two attached hydrogens (primary N) is 1. The molecule has 3 rings (SSSR count). The molecule has 2 amide bonds. The van der Waals surface area contributed by atoms with Gasteiger partial charge in [0, 0.05) is 31.9 Å². The van der Waals surface area contributed by atoms with Crippen LogP contribution in [0.1, 0.15) is 45.6 Å². The van der Waals surface area contributed by atoms with Crippen LogP contribution in [-0.4, -0.2) is 47.0 Å². The topological polar surface area (TPSA) is 75.9 Å². The van der Waals surface area contributed by atoms with Gasteiger partial charge in [-0.1, -0.05) is 18.2 Å². The smallest absolute Gasteiger partial charge is 0.410 e. The molecule has 2 heterocycles. The number of anilines is 1. The van der Waals surface area contributed by atoms with Gasteiger partial charge in [-0.25, -0.2) is 4.79 Å². The van der Waals surface area contributed by atoms with Crippen LogP contribution < -0.4 is 5.73 Å². The van der Waals surface area contributed by atoms with E-state index in [2.05, 4.69) is 0 Å². The minimum atomic E-state index is -0.530. The maximum atomic E-state index is 13.2. The lowest BCUT2D eigenvalue weighted by molar-refractivity contribution is -0.139. The van der Waals surface area contributed by atoms with Crippen molar-refractivity contribution in [2.75, 3.05) is 25.4 Å². The van der Waals surface area contributed by atoms with E-state index in [9.17, 15) is 9.59 Å². The molecule has 2 fully saturated rings. The number of carbonyl (C=O) groups excluding carboxylic acids is 2. The van der Waals surface area contributed by atoms with Crippen LogP contribution in [0, 0.1) is 5.41 Å². The SMILES string of the molecule is CC(C)(C)OC(=O)N1CCCC2(CCN(Cc3ccccc3N)C2=O)C1. The molecular weight excluding hydrogens is 330 g/mol. The van der Waals surface area contributed by atoms with Gasteiger partial charge in [0.25, 0.3) is 0 Å². The van der Waals surface area contributed by atoms with E-state index < -0.39 is 11.0 Å². The highest BCUT2D eigenvalue weighted by atomic mass is 16.6. The third kappa shape index (κ3) is 3.79. The first-order chi connectivity index (χ1) is 12.2. The fourth-order valence-corrected chi connectivity index (χ4v) is 3.92. The molecule has 6 nitrogen and oxygen atoms in total. The van der Waals surface area contributed by atoms with E-state index in [-0.39, 0.29) is 12.0 Å². The molecule has 2 aliphatic heterocycles. The molecule has 0 radical (unpaired) electrons. The Bertz CT molecular complexity index is 698. The van der Waals surface area contributed by atoms with Crippen molar-refractivity contribution in [3.63, 3.8) is 0 Å². The van der Waals surface area contributed by atoms with Crippen molar-refractivity contribution in [3.05, 3.63) is 29.8 Å². The highest BCUT2D eigenvalue weighted by Gasteiger charge is 2.50. The molecule has 0 aromatic heterocycles. The summed E-state index contributed by atoms with van der Waals surface area (Å²) in [4.78, 5) is 29.2. The van der Waals surface area contributed by atoms with E-state index in [0.717, 1.165) is 24.8 Å². The summed E-state index contributed by atoms with van der Waals surface area (Å²) < 4.78 is 5.50. The van der Waals surface area contributed by atoms with Crippen molar-refractivity contribution < 1.29 is 14.3 Å². The Morgan fingerprint density at radius 1 is 1.23 bits per heavy atom. The van der Waals surface area contributed by atoms with Crippen molar-refractivity contribution in [3.8, 4) is 0 Å². The van der Waals surface area contributed by atoms with Crippen molar-refractivity contribution in [1.29, 1.82) is 0 Å². The molecule has 1 aromatic carbocycles. The first-order valence-electron chi connectivity index (χ1n) is 9.31. The molecule has 6 heteroatoms. The fraction of sp³-hybridized carbons (Fsp3) is 0.600. The highest BCUT2D eigenvalue weighted by molar-refractivity contribution is 5.86. The van der Waals surface area contributed by atoms with Crippen molar-refractivity contribution in [2.24, 2.45) is 5.41 Å². The predicted octanol–water partition coefficient (Wildman–Crippen LogP) is 3.02. The zero-order valence-corrected chi connectivity index (χ0v) is 16.0. The first kappa shape index (κ1) is 18.5. The standard InChI is InChI=1S/C20H29N3O3/c1-19(2,3)26-18(25)23-11-6-9-20(14-23)10-12-22(17(20)24)13-15-7-4-5-8-16(15)21/h4-5,7-8H,6,9-14,21H2,1-3H3. The number of amides is 2. The molecule has 2 aliphatic rings. The Morgan fingerprint density at radius 3 is 2.65 bits per heavy atom. The number of rotatable bonds is 2. The van der Waals surface area contributed by atoms with Gasteiger partial charge >= 0.3 is 6.09 Å². The van der Waals surface area contributed by atoms with Crippen molar-refractivity contribution in [2.45, 2.75) is 52.2 Å². The second-order valence-electron chi connectivity index (χ2n) is 8.46. The Morgan fingerprint density at radius 2 is 1.96 bits per heavy atom. The maximum absolute atomic E-state index is 13.2. The number of nitrogens with zero attached hydrogens (tertiary/aromatic N) is 2. The fourth-order valence-electron chi connectivity index (χ4n) is 3.92. The number of nitrogen functional groups attached to an aromatic ring is 1.